The molecule has 0 aliphatic carbocycles. The van der Waals surface area contributed by atoms with Crippen LogP contribution in [-0.2, 0) is 0 Å². The molecule has 7 rings (SSSR count). The Hall–Kier alpha value is -4.57. The maximum absolute atomic E-state index is 13.5. The molecule has 0 fully saturated rings. The van der Waals surface area contributed by atoms with E-state index in [0.717, 1.165) is 28.1 Å². The van der Waals surface area contributed by atoms with E-state index in [-0.39, 0.29) is 12.1 Å². The van der Waals surface area contributed by atoms with Gasteiger partial charge < -0.3 is 9.15 Å². The molecule has 2 heterocycles. The summed E-state index contributed by atoms with van der Waals surface area (Å²) in [7, 11) is 0. The smallest absolute Gasteiger partial charge is 0.251 e. The van der Waals surface area contributed by atoms with Crippen molar-refractivity contribution in [1.29, 1.82) is 0 Å². The summed E-state index contributed by atoms with van der Waals surface area (Å²) in [6.45, 7) is 13.8. The molecule has 0 saturated carbocycles. The Bertz CT molecular complexity index is 2090. The number of ether oxygens (including phenoxy) is 1. The van der Waals surface area contributed by atoms with E-state index < -0.39 is 0 Å². The maximum atomic E-state index is 13.5. The maximum Gasteiger partial charge on any atom is 0.251 e. The Morgan fingerprint density at radius 2 is 1.18 bits per heavy atom. The minimum atomic E-state index is -0.00908. The van der Waals surface area contributed by atoms with Crippen LogP contribution in [0.5, 0.6) is 11.5 Å². The molecule has 0 bridgehead atoms. The number of hydrogen-bond acceptors (Lipinski definition) is 3. The first kappa shape index (κ1) is 28.2. The first-order chi connectivity index (χ1) is 21.2. The Balaban J connectivity index is 1.47. The van der Waals surface area contributed by atoms with Crippen LogP contribution in [0.3, 0.4) is 0 Å². The van der Waals surface area contributed by atoms with Crippen molar-refractivity contribution in [2.45, 2.75) is 59.3 Å². The van der Waals surface area contributed by atoms with Gasteiger partial charge in [0.2, 0.25) is 5.43 Å². The van der Waals surface area contributed by atoms with Gasteiger partial charge in [0, 0.05) is 0 Å². The van der Waals surface area contributed by atoms with Crippen molar-refractivity contribution in [2.24, 2.45) is 0 Å². The molecule has 6 aromatic rings. The van der Waals surface area contributed by atoms with Crippen LogP contribution < -0.4 is 26.6 Å². The van der Waals surface area contributed by atoms with E-state index in [1.807, 2.05) is 48.5 Å². The molecule has 4 heteroatoms. The molecule has 3 nitrogen and oxygen atoms in total. The van der Waals surface area contributed by atoms with Crippen LogP contribution in [0.2, 0.25) is 0 Å². The molecular weight excluding hydrogens is 539 g/mol. The number of hydrogen-bond donors (Lipinski definition) is 0. The summed E-state index contributed by atoms with van der Waals surface area (Å²) in [5.74, 6) is 2.95. The topological polar surface area (TPSA) is 39.4 Å². The van der Waals surface area contributed by atoms with Gasteiger partial charge in [0.15, 0.2) is 0 Å². The molecule has 1 aromatic heterocycles. The molecular formula is C40H37BO3. The number of rotatable bonds is 5. The summed E-state index contributed by atoms with van der Waals surface area (Å²) < 4.78 is 12.7. The highest BCUT2D eigenvalue weighted by molar-refractivity contribution is 6.97. The van der Waals surface area contributed by atoms with Gasteiger partial charge in [-0.1, -0.05) is 108 Å². The van der Waals surface area contributed by atoms with Crippen LogP contribution in [0.25, 0.3) is 33.1 Å². The third-order valence-corrected chi connectivity index (χ3v) is 9.15. The third kappa shape index (κ3) is 4.64. The molecule has 0 radical (unpaired) electrons. The molecule has 0 saturated heterocycles. The van der Waals surface area contributed by atoms with Gasteiger partial charge in [0.1, 0.15) is 22.7 Å². The first-order valence-corrected chi connectivity index (χ1v) is 15.8. The number of fused-ring (bicyclic) bond motifs is 4. The Kier molecular flexibility index (Phi) is 6.96. The Labute approximate surface area is 259 Å². The summed E-state index contributed by atoms with van der Waals surface area (Å²) in [6.07, 6.45) is 0. The van der Waals surface area contributed by atoms with Crippen molar-refractivity contribution in [1.82, 2.24) is 0 Å². The van der Waals surface area contributed by atoms with E-state index in [9.17, 15) is 4.79 Å². The fraction of sp³-hybridized carbons (Fsp3) is 0.225. The van der Waals surface area contributed by atoms with Crippen molar-refractivity contribution in [3.05, 3.63) is 124 Å². The second-order valence-electron chi connectivity index (χ2n) is 13.0. The van der Waals surface area contributed by atoms with Gasteiger partial charge in [-0.3, -0.25) is 4.79 Å². The standard InChI is InChI=1S/C40H37BO3/c1-23(2)28-20-30(24(3)4)39(31(21-28)25(5)6)41-33-12-8-10-14-37(33)44-38-18-16-27(22-34(38)41)26-15-17-36-32(19-26)40(42)29-11-7-9-13-35(29)43-36/h7-25H,1-6H3. The summed E-state index contributed by atoms with van der Waals surface area (Å²) in [5.41, 5.74) is 11.1. The summed E-state index contributed by atoms with van der Waals surface area (Å²) >= 11 is 0. The van der Waals surface area contributed by atoms with Crippen LogP contribution in [0.4, 0.5) is 0 Å². The summed E-state index contributed by atoms with van der Waals surface area (Å²) in [4.78, 5) is 13.5. The molecule has 0 spiro atoms. The lowest BCUT2D eigenvalue weighted by Crippen LogP contribution is -2.57. The minimum Gasteiger partial charge on any atom is -0.458 e. The van der Waals surface area contributed by atoms with Gasteiger partial charge in [-0.2, -0.15) is 0 Å². The number of benzene rings is 5. The molecule has 5 aromatic carbocycles. The highest BCUT2D eigenvalue weighted by Gasteiger charge is 2.36. The van der Waals surface area contributed by atoms with Gasteiger partial charge in [0.05, 0.1) is 10.8 Å². The lowest BCUT2D eigenvalue weighted by atomic mass is 9.33. The molecule has 0 atom stereocenters. The fourth-order valence-corrected chi connectivity index (χ4v) is 6.78. The zero-order chi connectivity index (χ0) is 30.7. The van der Waals surface area contributed by atoms with Crippen LogP contribution in [0.15, 0.2) is 106 Å². The fourth-order valence-electron chi connectivity index (χ4n) is 6.78. The van der Waals surface area contributed by atoms with E-state index in [0.29, 0.717) is 39.7 Å². The molecule has 0 N–H and O–H groups in total. The molecule has 44 heavy (non-hydrogen) atoms. The largest absolute Gasteiger partial charge is 0.458 e. The third-order valence-electron chi connectivity index (χ3n) is 9.15. The quantitative estimate of drug-likeness (QED) is 0.152. The zero-order valence-corrected chi connectivity index (χ0v) is 26.3. The average molecular weight is 577 g/mol. The molecule has 0 amide bonds. The van der Waals surface area contributed by atoms with Crippen LogP contribution >= 0.6 is 0 Å². The van der Waals surface area contributed by atoms with Crippen molar-refractivity contribution >= 4 is 45.0 Å². The lowest BCUT2D eigenvalue weighted by Gasteiger charge is -2.32. The SMILES string of the molecule is CC(C)c1cc(C(C)C)c(B2c3ccccc3Oc3ccc(-c4ccc5oc6ccccc6c(=O)c5c4)cc32)c(C(C)C)c1. The van der Waals surface area contributed by atoms with Crippen LogP contribution in [0, 0.1) is 0 Å². The van der Waals surface area contributed by atoms with Crippen molar-refractivity contribution in [3.63, 3.8) is 0 Å². The van der Waals surface area contributed by atoms with Gasteiger partial charge in [-0.15, -0.1) is 0 Å². The molecule has 1 aliphatic heterocycles. The Morgan fingerprint density at radius 3 is 1.91 bits per heavy atom. The summed E-state index contributed by atoms with van der Waals surface area (Å²) in [6, 6.07) is 33.2. The predicted molar refractivity (Wildman–Crippen MR) is 185 cm³/mol. The monoisotopic (exact) mass is 576 g/mol. The molecule has 218 valence electrons. The predicted octanol–water partition coefficient (Wildman–Crippen LogP) is 8.61. The lowest BCUT2D eigenvalue weighted by molar-refractivity contribution is 0.487. The number of para-hydroxylation sites is 2. The molecule has 1 aliphatic rings. The second kappa shape index (κ2) is 10.9. The van der Waals surface area contributed by atoms with Gasteiger partial charge >= 0.3 is 0 Å². The Morgan fingerprint density at radius 1 is 0.568 bits per heavy atom. The average Bonchev–Trinajstić information content (AvgIpc) is 3.02. The van der Waals surface area contributed by atoms with E-state index in [1.165, 1.54) is 27.6 Å². The van der Waals surface area contributed by atoms with Gasteiger partial charge in [-0.05, 0) is 92.9 Å². The molecule has 0 unspecified atom stereocenters. The van der Waals surface area contributed by atoms with E-state index in [2.05, 4.69) is 90.1 Å². The first-order valence-electron chi connectivity index (χ1n) is 15.8. The van der Waals surface area contributed by atoms with Crippen molar-refractivity contribution < 1.29 is 9.15 Å². The normalized spacial score (nSPS) is 12.7. The minimum absolute atomic E-state index is 0.00908. The van der Waals surface area contributed by atoms with Gasteiger partial charge in [-0.25, -0.2) is 0 Å². The van der Waals surface area contributed by atoms with Crippen LogP contribution in [-0.4, -0.2) is 6.71 Å². The second-order valence-corrected chi connectivity index (χ2v) is 13.0. The van der Waals surface area contributed by atoms with E-state index in [1.54, 1.807) is 0 Å². The highest BCUT2D eigenvalue weighted by atomic mass is 16.5. The van der Waals surface area contributed by atoms with Gasteiger partial charge in [0.25, 0.3) is 6.71 Å². The summed E-state index contributed by atoms with van der Waals surface area (Å²) in [5, 5.41) is 1.19. The highest BCUT2D eigenvalue weighted by Crippen LogP contribution is 2.33. The van der Waals surface area contributed by atoms with E-state index >= 15 is 0 Å². The van der Waals surface area contributed by atoms with Crippen molar-refractivity contribution in [3.8, 4) is 22.6 Å². The van der Waals surface area contributed by atoms with Crippen LogP contribution in [0.1, 0.15) is 76.0 Å². The van der Waals surface area contributed by atoms with Crippen molar-refractivity contribution in [2.75, 3.05) is 0 Å². The van der Waals surface area contributed by atoms with E-state index in [4.69, 9.17) is 9.15 Å². The zero-order valence-electron chi connectivity index (χ0n) is 26.3.